The van der Waals surface area contributed by atoms with Crippen LogP contribution in [0.2, 0.25) is 0 Å². The molecular formula is C13H11N3O5. The monoisotopic (exact) mass is 289 g/mol. The Hall–Kier alpha value is -3.03. The van der Waals surface area contributed by atoms with Crippen molar-refractivity contribution in [3.63, 3.8) is 0 Å². The van der Waals surface area contributed by atoms with Crippen molar-refractivity contribution in [1.82, 2.24) is 9.97 Å². The van der Waals surface area contributed by atoms with Crippen molar-refractivity contribution in [3.8, 4) is 11.6 Å². The lowest BCUT2D eigenvalue weighted by molar-refractivity contribution is -0.385. The number of nitrogens with zero attached hydrogens (tertiary/aromatic N) is 3. The Morgan fingerprint density at radius 2 is 2.05 bits per heavy atom. The number of methoxy groups -OCH3 is 1. The molecule has 1 heterocycles. The number of hydrogen-bond donors (Lipinski definition) is 0. The van der Waals surface area contributed by atoms with Crippen molar-refractivity contribution < 1.29 is 19.2 Å². The smallest absolute Gasteiger partial charge is 0.358 e. The lowest BCUT2D eigenvalue weighted by Gasteiger charge is -2.06. The summed E-state index contributed by atoms with van der Waals surface area (Å²) in [7, 11) is 1.23. The third-order valence-electron chi connectivity index (χ3n) is 2.55. The fraction of sp³-hybridized carbons (Fsp3) is 0.154. The quantitative estimate of drug-likeness (QED) is 0.483. The van der Waals surface area contributed by atoms with E-state index in [9.17, 15) is 14.9 Å². The Morgan fingerprint density at radius 3 is 2.62 bits per heavy atom. The molecule has 0 aliphatic carbocycles. The highest BCUT2D eigenvalue weighted by Crippen LogP contribution is 2.30. The molecule has 21 heavy (non-hydrogen) atoms. The molecule has 2 aromatic rings. The van der Waals surface area contributed by atoms with Gasteiger partial charge in [0.2, 0.25) is 11.6 Å². The zero-order valence-electron chi connectivity index (χ0n) is 11.3. The molecule has 108 valence electrons. The van der Waals surface area contributed by atoms with Crippen molar-refractivity contribution in [1.29, 1.82) is 0 Å². The van der Waals surface area contributed by atoms with Gasteiger partial charge in [-0.1, -0.05) is 6.07 Å². The minimum Gasteiger partial charge on any atom is -0.464 e. The molecular weight excluding hydrogens is 278 g/mol. The second-order valence-corrected chi connectivity index (χ2v) is 4.06. The third-order valence-corrected chi connectivity index (χ3v) is 2.55. The van der Waals surface area contributed by atoms with E-state index in [2.05, 4.69) is 14.7 Å². The SMILES string of the molecule is COC(=O)c1cnc(Oc2ccc(C)cc2[N+](=O)[O-])cn1. The number of benzene rings is 1. The van der Waals surface area contributed by atoms with Crippen LogP contribution in [0.5, 0.6) is 11.6 Å². The lowest BCUT2D eigenvalue weighted by atomic mass is 10.2. The molecule has 1 aromatic heterocycles. The highest BCUT2D eigenvalue weighted by atomic mass is 16.6. The Kier molecular flexibility index (Phi) is 4.07. The summed E-state index contributed by atoms with van der Waals surface area (Å²) in [4.78, 5) is 29.3. The summed E-state index contributed by atoms with van der Waals surface area (Å²) in [6, 6.07) is 4.55. The van der Waals surface area contributed by atoms with Gasteiger partial charge in [-0.05, 0) is 18.6 Å². The molecule has 0 radical (unpaired) electrons. The molecule has 0 N–H and O–H groups in total. The van der Waals surface area contributed by atoms with E-state index in [4.69, 9.17) is 4.74 Å². The summed E-state index contributed by atoms with van der Waals surface area (Å²) >= 11 is 0. The molecule has 0 unspecified atom stereocenters. The predicted molar refractivity (Wildman–Crippen MR) is 71.3 cm³/mol. The standard InChI is InChI=1S/C13H11N3O5/c1-8-3-4-11(10(5-8)16(18)19)21-12-7-14-9(6-15-12)13(17)20-2/h3-7H,1-2H3. The molecule has 8 nitrogen and oxygen atoms in total. The number of ether oxygens (including phenoxy) is 2. The van der Waals surface area contributed by atoms with Crippen LogP contribution in [-0.4, -0.2) is 28.0 Å². The first kappa shape index (κ1) is 14.4. The van der Waals surface area contributed by atoms with Crippen molar-refractivity contribution in [2.75, 3.05) is 7.11 Å². The molecule has 0 aliphatic heterocycles. The molecule has 0 atom stereocenters. The molecule has 0 fully saturated rings. The first-order chi connectivity index (χ1) is 10.0. The molecule has 0 saturated carbocycles. The van der Waals surface area contributed by atoms with Crippen LogP contribution in [0.1, 0.15) is 16.1 Å². The van der Waals surface area contributed by atoms with E-state index >= 15 is 0 Å². The zero-order valence-corrected chi connectivity index (χ0v) is 11.3. The van der Waals surface area contributed by atoms with Crippen LogP contribution < -0.4 is 4.74 Å². The van der Waals surface area contributed by atoms with E-state index in [1.165, 1.54) is 31.6 Å². The molecule has 0 aliphatic rings. The summed E-state index contributed by atoms with van der Waals surface area (Å²) in [6.07, 6.45) is 2.36. The molecule has 0 spiro atoms. The number of nitro benzene ring substituents is 1. The molecule has 1 aromatic carbocycles. The first-order valence-electron chi connectivity index (χ1n) is 5.84. The normalized spacial score (nSPS) is 10.0. The van der Waals surface area contributed by atoms with Crippen molar-refractivity contribution >= 4 is 11.7 Å². The minimum absolute atomic E-state index is 0.0169. The third kappa shape index (κ3) is 3.30. The second-order valence-electron chi connectivity index (χ2n) is 4.06. The highest BCUT2D eigenvalue weighted by molar-refractivity contribution is 5.86. The number of carbonyl (C=O) groups is 1. The van der Waals surface area contributed by atoms with Gasteiger partial charge in [-0.2, -0.15) is 0 Å². The number of carbonyl (C=O) groups excluding carboxylic acids is 1. The Labute approximate surface area is 119 Å². The number of nitro groups is 1. The van der Waals surface area contributed by atoms with Gasteiger partial charge < -0.3 is 9.47 Å². The Balaban J connectivity index is 2.26. The van der Waals surface area contributed by atoms with Crippen LogP contribution >= 0.6 is 0 Å². The molecule has 0 bridgehead atoms. The van der Waals surface area contributed by atoms with E-state index in [1.54, 1.807) is 13.0 Å². The maximum Gasteiger partial charge on any atom is 0.358 e. The fourth-order valence-corrected chi connectivity index (χ4v) is 1.55. The first-order valence-corrected chi connectivity index (χ1v) is 5.84. The Morgan fingerprint density at radius 1 is 1.29 bits per heavy atom. The van der Waals surface area contributed by atoms with Crippen LogP contribution in [0, 0.1) is 17.0 Å². The van der Waals surface area contributed by atoms with E-state index in [0.717, 1.165) is 5.56 Å². The van der Waals surface area contributed by atoms with E-state index in [0.29, 0.717) is 0 Å². The van der Waals surface area contributed by atoms with Crippen LogP contribution in [0.15, 0.2) is 30.6 Å². The predicted octanol–water partition coefficient (Wildman–Crippen LogP) is 2.27. The fourth-order valence-electron chi connectivity index (χ4n) is 1.55. The zero-order chi connectivity index (χ0) is 15.4. The summed E-state index contributed by atoms with van der Waals surface area (Å²) in [6.45, 7) is 1.74. The molecule has 0 amide bonds. The number of hydrogen-bond acceptors (Lipinski definition) is 7. The van der Waals surface area contributed by atoms with Gasteiger partial charge in [0.25, 0.3) is 0 Å². The van der Waals surface area contributed by atoms with E-state index in [1.807, 2.05) is 0 Å². The van der Waals surface area contributed by atoms with E-state index in [-0.39, 0.29) is 23.0 Å². The van der Waals surface area contributed by atoms with Crippen molar-refractivity contribution in [2.45, 2.75) is 6.92 Å². The van der Waals surface area contributed by atoms with Crippen LogP contribution in [-0.2, 0) is 4.74 Å². The van der Waals surface area contributed by atoms with Gasteiger partial charge in [0.05, 0.1) is 24.4 Å². The lowest BCUT2D eigenvalue weighted by Crippen LogP contribution is -2.05. The van der Waals surface area contributed by atoms with Gasteiger partial charge >= 0.3 is 11.7 Å². The molecule has 8 heteroatoms. The second kappa shape index (κ2) is 5.95. The maximum atomic E-state index is 11.2. The average molecular weight is 289 g/mol. The van der Waals surface area contributed by atoms with Gasteiger partial charge in [0.1, 0.15) is 0 Å². The number of aromatic nitrogens is 2. The van der Waals surface area contributed by atoms with Crippen LogP contribution in [0.3, 0.4) is 0 Å². The van der Waals surface area contributed by atoms with Crippen LogP contribution in [0.4, 0.5) is 5.69 Å². The van der Waals surface area contributed by atoms with Gasteiger partial charge in [-0.25, -0.2) is 14.8 Å². The van der Waals surface area contributed by atoms with Crippen molar-refractivity contribution in [3.05, 3.63) is 52.0 Å². The number of aryl methyl sites for hydroxylation is 1. The molecule has 2 rings (SSSR count). The summed E-state index contributed by atoms with van der Waals surface area (Å²) < 4.78 is 9.81. The van der Waals surface area contributed by atoms with E-state index < -0.39 is 10.9 Å². The van der Waals surface area contributed by atoms with Gasteiger partial charge in [-0.15, -0.1) is 0 Å². The highest BCUT2D eigenvalue weighted by Gasteiger charge is 2.17. The van der Waals surface area contributed by atoms with Gasteiger partial charge in [0, 0.05) is 6.07 Å². The summed E-state index contributed by atoms with van der Waals surface area (Å²) in [5.74, 6) is -0.546. The number of rotatable bonds is 4. The van der Waals surface area contributed by atoms with Gasteiger partial charge in [0.15, 0.2) is 5.69 Å². The average Bonchev–Trinajstić information content (AvgIpc) is 2.49. The Bertz CT molecular complexity index is 685. The number of esters is 1. The van der Waals surface area contributed by atoms with Crippen molar-refractivity contribution in [2.24, 2.45) is 0 Å². The van der Waals surface area contributed by atoms with Crippen LogP contribution in [0.25, 0.3) is 0 Å². The largest absolute Gasteiger partial charge is 0.464 e. The summed E-state index contributed by atoms with van der Waals surface area (Å²) in [5, 5.41) is 11.0. The van der Waals surface area contributed by atoms with Gasteiger partial charge in [-0.3, -0.25) is 10.1 Å². The maximum absolute atomic E-state index is 11.2. The molecule has 0 saturated heterocycles. The summed E-state index contributed by atoms with van der Waals surface area (Å²) in [5.41, 5.74) is 0.582. The topological polar surface area (TPSA) is 104 Å². The minimum atomic E-state index is -0.629.